The maximum atomic E-state index is 5.79. The van der Waals surface area contributed by atoms with Crippen molar-refractivity contribution in [1.29, 1.82) is 0 Å². The summed E-state index contributed by atoms with van der Waals surface area (Å²) in [6.07, 6.45) is 3.44. The van der Waals surface area contributed by atoms with Gasteiger partial charge in [-0.2, -0.15) is 0 Å². The monoisotopic (exact) mass is 338 g/mol. The Morgan fingerprint density at radius 2 is 2.42 bits per heavy atom. The van der Waals surface area contributed by atoms with Gasteiger partial charge in [0.25, 0.3) is 0 Å². The van der Waals surface area contributed by atoms with Crippen LogP contribution in [-0.4, -0.2) is 4.98 Å². The molecule has 0 saturated carbocycles. The van der Waals surface area contributed by atoms with E-state index in [2.05, 4.69) is 50.1 Å². The number of nitrogens with two attached hydrogens (primary N) is 1. The summed E-state index contributed by atoms with van der Waals surface area (Å²) in [7, 11) is 0. The predicted octanol–water partition coefficient (Wildman–Crippen LogP) is 2.63. The Morgan fingerprint density at radius 1 is 1.75 bits per heavy atom. The highest BCUT2D eigenvalue weighted by molar-refractivity contribution is 14.1. The van der Waals surface area contributed by atoms with Crippen LogP contribution in [0.4, 0.5) is 0 Å². The minimum atomic E-state index is -0.115. The topological polar surface area (TPSA) is 38.9 Å². The van der Waals surface area contributed by atoms with Crippen molar-refractivity contribution in [2.75, 3.05) is 0 Å². The SMILES string of the molecule is C=C[C@H](N)c1ccnc(Br)c1I. The molecule has 2 nitrogen and oxygen atoms in total. The molecular formula is C8H8BrIN2. The van der Waals surface area contributed by atoms with Crippen LogP contribution in [0, 0.1) is 3.57 Å². The van der Waals surface area contributed by atoms with Crippen molar-refractivity contribution >= 4 is 38.5 Å². The zero-order valence-electron chi connectivity index (χ0n) is 6.30. The standard InChI is InChI=1S/C8H8BrIN2/c1-2-6(11)5-3-4-12-8(9)7(5)10/h2-4,6H,1,11H2/t6-/m0/s1. The van der Waals surface area contributed by atoms with Crippen LogP contribution in [0.15, 0.2) is 29.5 Å². The highest BCUT2D eigenvalue weighted by Gasteiger charge is 2.08. The van der Waals surface area contributed by atoms with Crippen molar-refractivity contribution in [2.24, 2.45) is 5.73 Å². The Labute approximate surface area is 93.5 Å². The molecule has 1 aromatic rings. The first-order valence-electron chi connectivity index (χ1n) is 3.35. The quantitative estimate of drug-likeness (QED) is 0.511. The van der Waals surface area contributed by atoms with Crippen LogP contribution < -0.4 is 5.73 Å². The van der Waals surface area contributed by atoms with Crippen molar-refractivity contribution in [3.63, 3.8) is 0 Å². The molecule has 0 bridgehead atoms. The van der Waals surface area contributed by atoms with Crippen LogP contribution in [0.5, 0.6) is 0 Å². The van der Waals surface area contributed by atoms with Crippen molar-refractivity contribution in [3.8, 4) is 0 Å². The van der Waals surface area contributed by atoms with E-state index in [0.717, 1.165) is 13.7 Å². The minimum Gasteiger partial charge on any atom is -0.321 e. The molecule has 0 aliphatic carbocycles. The van der Waals surface area contributed by atoms with E-state index >= 15 is 0 Å². The molecule has 1 aromatic heterocycles. The van der Waals surface area contributed by atoms with Gasteiger partial charge in [0.1, 0.15) is 4.60 Å². The summed E-state index contributed by atoms with van der Waals surface area (Å²) >= 11 is 5.54. The van der Waals surface area contributed by atoms with Crippen LogP contribution in [0.25, 0.3) is 0 Å². The Morgan fingerprint density at radius 3 is 3.00 bits per heavy atom. The molecule has 4 heteroatoms. The molecular weight excluding hydrogens is 331 g/mol. The lowest BCUT2D eigenvalue weighted by Gasteiger charge is -2.09. The highest BCUT2D eigenvalue weighted by Crippen LogP contribution is 2.24. The van der Waals surface area contributed by atoms with Crippen LogP contribution in [0.3, 0.4) is 0 Å². The molecule has 0 fully saturated rings. The van der Waals surface area contributed by atoms with E-state index in [9.17, 15) is 0 Å². The van der Waals surface area contributed by atoms with E-state index in [0.29, 0.717) is 0 Å². The van der Waals surface area contributed by atoms with Gasteiger partial charge in [0, 0.05) is 12.2 Å². The van der Waals surface area contributed by atoms with Gasteiger partial charge in [0.05, 0.1) is 3.57 Å². The third-order valence-electron chi connectivity index (χ3n) is 1.49. The molecule has 1 rings (SSSR count). The van der Waals surface area contributed by atoms with Gasteiger partial charge in [-0.05, 0) is 50.2 Å². The fraction of sp³-hybridized carbons (Fsp3) is 0.125. The minimum absolute atomic E-state index is 0.115. The zero-order valence-corrected chi connectivity index (χ0v) is 10.0. The smallest absolute Gasteiger partial charge is 0.119 e. The van der Waals surface area contributed by atoms with E-state index < -0.39 is 0 Å². The van der Waals surface area contributed by atoms with E-state index in [1.807, 2.05) is 6.07 Å². The lowest BCUT2D eigenvalue weighted by atomic mass is 10.1. The van der Waals surface area contributed by atoms with Gasteiger partial charge >= 0.3 is 0 Å². The van der Waals surface area contributed by atoms with Gasteiger partial charge in [-0.1, -0.05) is 6.08 Å². The van der Waals surface area contributed by atoms with E-state index in [1.54, 1.807) is 12.3 Å². The molecule has 12 heavy (non-hydrogen) atoms. The van der Waals surface area contributed by atoms with Crippen LogP contribution in [0.1, 0.15) is 11.6 Å². The van der Waals surface area contributed by atoms with E-state index in [-0.39, 0.29) is 6.04 Å². The zero-order chi connectivity index (χ0) is 9.14. The predicted molar refractivity (Wildman–Crippen MR) is 61.8 cm³/mol. The van der Waals surface area contributed by atoms with Gasteiger partial charge in [-0.15, -0.1) is 6.58 Å². The number of hydrogen-bond donors (Lipinski definition) is 1. The Hall–Kier alpha value is 0.0600. The largest absolute Gasteiger partial charge is 0.321 e. The summed E-state index contributed by atoms with van der Waals surface area (Å²) in [6.45, 7) is 3.64. The molecule has 0 aliphatic rings. The number of nitrogens with zero attached hydrogens (tertiary/aromatic N) is 1. The van der Waals surface area contributed by atoms with Crippen LogP contribution in [-0.2, 0) is 0 Å². The van der Waals surface area contributed by atoms with Crippen molar-refractivity contribution in [2.45, 2.75) is 6.04 Å². The molecule has 0 aliphatic heterocycles. The summed E-state index contributed by atoms with van der Waals surface area (Å²) in [5, 5.41) is 0. The maximum Gasteiger partial charge on any atom is 0.119 e. The number of halogens is 2. The van der Waals surface area contributed by atoms with Crippen molar-refractivity contribution in [3.05, 3.63) is 38.7 Å². The molecule has 2 N–H and O–H groups in total. The molecule has 0 saturated heterocycles. The second-order valence-corrected chi connectivity index (χ2v) is 4.10. The summed E-state index contributed by atoms with van der Waals surface area (Å²) in [4.78, 5) is 4.08. The fourth-order valence-corrected chi connectivity index (χ4v) is 1.84. The number of aromatic nitrogens is 1. The van der Waals surface area contributed by atoms with Gasteiger partial charge < -0.3 is 5.73 Å². The first-order chi connectivity index (χ1) is 5.66. The molecule has 0 radical (unpaired) electrons. The van der Waals surface area contributed by atoms with Crippen LogP contribution >= 0.6 is 38.5 Å². The number of hydrogen-bond acceptors (Lipinski definition) is 2. The first-order valence-corrected chi connectivity index (χ1v) is 5.22. The summed E-state index contributed by atoms with van der Waals surface area (Å²) in [5.41, 5.74) is 6.84. The second-order valence-electron chi connectivity index (χ2n) is 2.27. The van der Waals surface area contributed by atoms with Gasteiger partial charge in [-0.25, -0.2) is 4.98 Å². The van der Waals surface area contributed by atoms with Gasteiger partial charge in [-0.3, -0.25) is 0 Å². The fourth-order valence-electron chi connectivity index (χ4n) is 0.816. The Bertz CT molecular complexity index is 301. The van der Waals surface area contributed by atoms with Gasteiger partial charge in [0.2, 0.25) is 0 Å². The van der Waals surface area contributed by atoms with Gasteiger partial charge in [0.15, 0.2) is 0 Å². The van der Waals surface area contributed by atoms with Crippen molar-refractivity contribution in [1.82, 2.24) is 4.98 Å². The molecule has 0 unspecified atom stereocenters. The molecule has 0 aromatic carbocycles. The maximum absolute atomic E-state index is 5.79. The number of rotatable bonds is 2. The first kappa shape index (κ1) is 10.1. The average Bonchev–Trinajstić information content (AvgIpc) is 2.08. The molecule has 1 heterocycles. The molecule has 0 spiro atoms. The lowest BCUT2D eigenvalue weighted by molar-refractivity contribution is 0.898. The summed E-state index contributed by atoms with van der Waals surface area (Å²) in [5.74, 6) is 0. The normalized spacial score (nSPS) is 12.6. The number of pyridine rings is 1. The van der Waals surface area contributed by atoms with E-state index in [1.165, 1.54) is 0 Å². The Balaban J connectivity index is 3.15. The summed E-state index contributed by atoms with van der Waals surface area (Å²) < 4.78 is 1.88. The third kappa shape index (κ3) is 2.05. The van der Waals surface area contributed by atoms with E-state index in [4.69, 9.17) is 5.73 Å². The highest BCUT2D eigenvalue weighted by atomic mass is 127. The third-order valence-corrected chi connectivity index (χ3v) is 3.97. The second kappa shape index (κ2) is 4.34. The lowest BCUT2D eigenvalue weighted by Crippen LogP contribution is -2.08. The Kier molecular flexibility index (Phi) is 3.67. The molecule has 0 amide bonds. The summed E-state index contributed by atoms with van der Waals surface area (Å²) in [6, 6.07) is 1.79. The molecule has 1 atom stereocenters. The van der Waals surface area contributed by atoms with Crippen LogP contribution in [0.2, 0.25) is 0 Å². The average molecular weight is 339 g/mol. The van der Waals surface area contributed by atoms with Crippen molar-refractivity contribution < 1.29 is 0 Å². The molecule has 64 valence electrons.